The Morgan fingerprint density at radius 2 is 1.24 bits per heavy atom. The molecule has 0 spiro atoms. The van der Waals surface area contributed by atoms with Crippen LogP contribution in [0.15, 0.2) is 97.1 Å². The van der Waals surface area contributed by atoms with Crippen LogP contribution in [0, 0.1) is 25.2 Å². The van der Waals surface area contributed by atoms with Crippen molar-refractivity contribution in [2.75, 3.05) is 0 Å². The highest BCUT2D eigenvalue weighted by Gasteiger charge is 2.15. The Hall–Kier alpha value is -4.35. The second-order valence-electron chi connectivity index (χ2n) is 8.63. The average molecular weight is 423 g/mol. The largest absolute Gasteiger partial charge is 0.309 e. The Labute approximate surface area is 192 Å². The van der Waals surface area contributed by atoms with E-state index in [0.29, 0.717) is 0 Å². The molecule has 0 radical (unpaired) electrons. The van der Waals surface area contributed by atoms with Gasteiger partial charge in [0, 0.05) is 16.2 Å². The Kier molecular flexibility index (Phi) is 4.31. The van der Waals surface area contributed by atoms with Gasteiger partial charge in [-0.2, -0.15) is 5.26 Å². The van der Waals surface area contributed by atoms with E-state index >= 15 is 0 Å². The summed E-state index contributed by atoms with van der Waals surface area (Å²) in [4.78, 5) is 0. The highest BCUT2D eigenvalue weighted by molar-refractivity contribution is 6.11. The molecule has 0 saturated carbocycles. The number of para-hydroxylation sites is 2. The topological polar surface area (TPSA) is 28.7 Å². The fraction of sp³-hybridized carbons (Fsp3) is 0.0645. The number of nitriles is 1. The third kappa shape index (κ3) is 2.87. The molecule has 0 saturated heterocycles. The SMILES string of the molecule is Cc1cc(-c2cccc3c(-n4c5ccccc5c5ccccc54)cccc23)cc(C#N)c1C. The number of benzene rings is 5. The number of hydrogen-bond acceptors (Lipinski definition) is 1. The Balaban J connectivity index is 1.69. The second kappa shape index (κ2) is 7.36. The van der Waals surface area contributed by atoms with Crippen molar-refractivity contribution in [1.82, 2.24) is 4.57 Å². The van der Waals surface area contributed by atoms with Crippen LogP contribution in [-0.4, -0.2) is 4.57 Å². The normalized spacial score (nSPS) is 11.3. The molecule has 0 aliphatic heterocycles. The van der Waals surface area contributed by atoms with Crippen molar-refractivity contribution in [3.63, 3.8) is 0 Å². The fourth-order valence-corrected chi connectivity index (χ4v) is 5.05. The fourth-order valence-electron chi connectivity index (χ4n) is 5.05. The summed E-state index contributed by atoms with van der Waals surface area (Å²) >= 11 is 0. The molecule has 0 aliphatic rings. The molecule has 0 N–H and O–H groups in total. The van der Waals surface area contributed by atoms with Crippen LogP contribution >= 0.6 is 0 Å². The zero-order valence-corrected chi connectivity index (χ0v) is 18.6. The van der Waals surface area contributed by atoms with Gasteiger partial charge >= 0.3 is 0 Å². The van der Waals surface area contributed by atoms with Crippen molar-refractivity contribution in [3.8, 4) is 22.9 Å². The quantitative estimate of drug-likeness (QED) is 0.277. The zero-order chi connectivity index (χ0) is 22.5. The van der Waals surface area contributed by atoms with Crippen molar-refractivity contribution >= 4 is 32.6 Å². The van der Waals surface area contributed by atoms with Gasteiger partial charge in [0.1, 0.15) is 0 Å². The van der Waals surface area contributed by atoms with Gasteiger partial charge in [-0.1, -0.05) is 72.8 Å². The van der Waals surface area contributed by atoms with Crippen LogP contribution < -0.4 is 0 Å². The summed E-state index contributed by atoms with van der Waals surface area (Å²) in [6.45, 7) is 4.09. The summed E-state index contributed by atoms with van der Waals surface area (Å²) in [5.41, 5.74) is 8.72. The maximum Gasteiger partial charge on any atom is 0.0994 e. The lowest BCUT2D eigenvalue weighted by Crippen LogP contribution is -1.96. The number of aromatic nitrogens is 1. The van der Waals surface area contributed by atoms with E-state index in [-0.39, 0.29) is 0 Å². The smallest absolute Gasteiger partial charge is 0.0994 e. The lowest BCUT2D eigenvalue weighted by atomic mass is 9.92. The Bertz CT molecular complexity index is 1690. The first-order valence-corrected chi connectivity index (χ1v) is 11.2. The Morgan fingerprint density at radius 1 is 0.636 bits per heavy atom. The molecule has 0 amide bonds. The number of aryl methyl sites for hydroxylation is 1. The van der Waals surface area contributed by atoms with E-state index in [0.717, 1.165) is 33.5 Å². The summed E-state index contributed by atoms with van der Waals surface area (Å²) in [7, 11) is 0. The van der Waals surface area contributed by atoms with E-state index in [1.165, 1.54) is 32.6 Å². The van der Waals surface area contributed by atoms with E-state index in [9.17, 15) is 5.26 Å². The third-order valence-corrected chi connectivity index (χ3v) is 6.82. The van der Waals surface area contributed by atoms with Crippen LogP contribution in [0.3, 0.4) is 0 Å². The minimum absolute atomic E-state index is 0.737. The van der Waals surface area contributed by atoms with Gasteiger partial charge in [0.05, 0.1) is 28.4 Å². The lowest BCUT2D eigenvalue weighted by molar-refractivity contribution is 1.20. The van der Waals surface area contributed by atoms with Crippen LogP contribution in [0.25, 0.3) is 49.4 Å². The van der Waals surface area contributed by atoms with Crippen molar-refractivity contribution in [3.05, 3.63) is 114 Å². The molecule has 6 aromatic rings. The van der Waals surface area contributed by atoms with Crippen LogP contribution in [-0.2, 0) is 0 Å². The molecular weight excluding hydrogens is 400 g/mol. The van der Waals surface area contributed by atoms with Gasteiger partial charge in [-0.3, -0.25) is 0 Å². The second-order valence-corrected chi connectivity index (χ2v) is 8.63. The zero-order valence-electron chi connectivity index (χ0n) is 18.6. The molecule has 0 atom stereocenters. The van der Waals surface area contributed by atoms with Gasteiger partial charge in [0.25, 0.3) is 0 Å². The molecule has 0 bridgehead atoms. The molecule has 0 aliphatic carbocycles. The van der Waals surface area contributed by atoms with Gasteiger partial charge in [-0.15, -0.1) is 0 Å². The van der Waals surface area contributed by atoms with Crippen LogP contribution in [0.1, 0.15) is 16.7 Å². The first kappa shape index (κ1) is 19.3. The van der Waals surface area contributed by atoms with Crippen molar-refractivity contribution in [1.29, 1.82) is 5.26 Å². The molecule has 0 fully saturated rings. The van der Waals surface area contributed by atoms with E-state index in [2.05, 4.69) is 109 Å². The highest BCUT2D eigenvalue weighted by Crippen LogP contribution is 2.37. The number of rotatable bonds is 2. The summed E-state index contributed by atoms with van der Waals surface area (Å²) in [5, 5.41) is 14.5. The molecule has 5 aromatic carbocycles. The van der Waals surface area contributed by atoms with Crippen LogP contribution in [0.2, 0.25) is 0 Å². The standard InChI is InChI=1S/C31H22N2/c1-20-17-22(18-23(19-32)21(20)2)24-11-7-13-26-25(24)12-8-16-31(26)33-29-14-5-3-9-27(29)28-10-4-6-15-30(28)33/h3-18H,1-2H3. The predicted molar refractivity (Wildman–Crippen MR) is 138 cm³/mol. The highest BCUT2D eigenvalue weighted by atomic mass is 15.0. The van der Waals surface area contributed by atoms with Gasteiger partial charge < -0.3 is 4.57 Å². The van der Waals surface area contributed by atoms with E-state index in [4.69, 9.17) is 0 Å². The summed E-state index contributed by atoms with van der Waals surface area (Å²) in [6, 6.07) is 36.8. The van der Waals surface area contributed by atoms with E-state index in [1.807, 2.05) is 13.0 Å². The maximum absolute atomic E-state index is 9.64. The lowest BCUT2D eigenvalue weighted by Gasteiger charge is -2.15. The molecular formula is C31H22N2. The summed E-state index contributed by atoms with van der Waals surface area (Å²) < 4.78 is 2.37. The van der Waals surface area contributed by atoms with Gasteiger partial charge in [-0.05, 0) is 65.8 Å². The molecule has 2 nitrogen and oxygen atoms in total. The van der Waals surface area contributed by atoms with Gasteiger partial charge in [0.15, 0.2) is 0 Å². The van der Waals surface area contributed by atoms with Crippen molar-refractivity contribution < 1.29 is 0 Å². The first-order valence-electron chi connectivity index (χ1n) is 11.2. The molecule has 1 heterocycles. The predicted octanol–water partition coefficient (Wildman–Crippen LogP) is 8.09. The molecule has 0 unspecified atom stereocenters. The summed E-state index contributed by atoms with van der Waals surface area (Å²) in [5.74, 6) is 0. The average Bonchev–Trinajstić information content (AvgIpc) is 3.19. The molecule has 6 rings (SSSR count). The van der Waals surface area contributed by atoms with E-state index < -0.39 is 0 Å². The van der Waals surface area contributed by atoms with Gasteiger partial charge in [-0.25, -0.2) is 0 Å². The van der Waals surface area contributed by atoms with Crippen LogP contribution in [0.4, 0.5) is 0 Å². The third-order valence-electron chi connectivity index (χ3n) is 6.82. The van der Waals surface area contributed by atoms with Gasteiger partial charge in [0.2, 0.25) is 0 Å². The minimum Gasteiger partial charge on any atom is -0.309 e. The van der Waals surface area contributed by atoms with Crippen LogP contribution in [0.5, 0.6) is 0 Å². The minimum atomic E-state index is 0.737. The molecule has 33 heavy (non-hydrogen) atoms. The monoisotopic (exact) mass is 422 g/mol. The number of fused-ring (bicyclic) bond motifs is 4. The number of hydrogen-bond donors (Lipinski definition) is 0. The molecule has 156 valence electrons. The Morgan fingerprint density at radius 3 is 1.94 bits per heavy atom. The molecule has 1 aromatic heterocycles. The van der Waals surface area contributed by atoms with Crippen molar-refractivity contribution in [2.24, 2.45) is 0 Å². The number of nitrogens with zero attached hydrogens (tertiary/aromatic N) is 2. The van der Waals surface area contributed by atoms with Crippen molar-refractivity contribution in [2.45, 2.75) is 13.8 Å². The summed E-state index contributed by atoms with van der Waals surface area (Å²) in [6.07, 6.45) is 0. The first-order chi connectivity index (χ1) is 16.2. The maximum atomic E-state index is 9.64. The molecule has 2 heteroatoms. The van der Waals surface area contributed by atoms with E-state index in [1.54, 1.807) is 0 Å².